The summed E-state index contributed by atoms with van der Waals surface area (Å²) in [4.78, 5) is 56.8. The van der Waals surface area contributed by atoms with Gasteiger partial charge in [0.25, 0.3) is 18.3 Å². The number of likely N-dealkylation sites (tertiary alicyclic amines) is 1. The largest absolute Gasteiger partial charge is 0.483 e. The van der Waals surface area contributed by atoms with Crippen molar-refractivity contribution in [3.8, 4) is 11.3 Å². The summed E-state index contributed by atoms with van der Waals surface area (Å²) in [6.45, 7) is 2.51. The fraction of sp³-hybridized carbons (Fsp3) is 0.467. The molecule has 0 bridgehead atoms. The molecule has 4 heterocycles. The van der Waals surface area contributed by atoms with Crippen molar-refractivity contribution in [2.45, 2.75) is 43.9 Å². The first kappa shape index (κ1) is 34.7. The van der Waals surface area contributed by atoms with Gasteiger partial charge in [0.15, 0.2) is 11.5 Å². The zero-order valence-electron chi connectivity index (χ0n) is 26.0. The molecule has 3 fully saturated rings. The maximum Gasteiger partial charge on any atom is 0.435 e. The second-order valence-corrected chi connectivity index (χ2v) is 12.2. The molecule has 4 amide bonds. The summed E-state index contributed by atoms with van der Waals surface area (Å²) in [7, 11) is 1.45. The molecule has 48 heavy (non-hydrogen) atoms. The molecule has 0 radical (unpaired) electrons. The molecule has 6 rings (SSSR count). The van der Waals surface area contributed by atoms with Crippen molar-refractivity contribution in [3.05, 3.63) is 52.7 Å². The number of benzene rings is 1. The molecular weight excluding hydrogens is 659 g/mol. The van der Waals surface area contributed by atoms with E-state index >= 15 is 0 Å². The van der Waals surface area contributed by atoms with Crippen molar-refractivity contribution in [2.75, 3.05) is 44.6 Å². The van der Waals surface area contributed by atoms with Crippen LogP contribution in [0.5, 0.6) is 0 Å². The van der Waals surface area contributed by atoms with Crippen molar-refractivity contribution in [2.24, 2.45) is 12.8 Å². The van der Waals surface area contributed by atoms with E-state index in [1.54, 1.807) is 14.7 Å². The molecule has 3 aliphatic rings. The van der Waals surface area contributed by atoms with E-state index in [0.29, 0.717) is 39.3 Å². The van der Waals surface area contributed by atoms with E-state index in [4.69, 9.17) is 27.2 Å². The van der Waals surface area contributed by atoms with Crippen molar-refractivity contribution >= 4 is 41.6 Å². The Morgan fingerprint density at radius 2 is 1.62 bits per heavy atom. The SMILES string of the molecule is Cn1c(-c2cn(C3CC3)nc2C(F)(F)F)cnc1C(=O)Nc1ccc(C(=O)N2CCN(C(=O)N3CCC(N)CC3)CC2)c(Cl)c1.O=CO. The highest BCUT2D eigenvalue weighted by molar-refractivity contribution is 6.34. The van der Waals surface area contributed by atoms with Crippen LogP contribution in [0.4, 0.5) is 23.7 Å². The molecule has 1 aromatic carbocycles. The van der Waals surface area contributed by atoms with Gasteiger partial charge in [0.2, 0.25) is 0 Å². The number of carbonyl (C=O) groups excluding carboxylic acids is 3. The number of imidazole rings is 1. The predicted molar refractivity (Wildman–Crippen MR) is 167 cm³/mol. The first-order valence-corrected chi connectivity index (χ1v) is 15.7. The average molecular weight is 694 g/mol. The molecule has 0 atom stereocenters. The number of halogens is 4. The van der Waals surface area contributed by atoms with Gasteiger partial charge in [-0.2, -0.15) is 18.3 Å². The Bertz CT molecular complexity index is 1670. The summed E-state index contributed by atoms with van der Waals surface area (Å²) in [5.74, 6) is -1.08. The van der Waals surface area contributed by atoms with Gasteiger partial charge in [-0.1, -0.05) is 11.6 Å². The molecule has 2 aliphatic heterocycles. The zero-order valence-corrected chi connectivity index (χ0v) is 26.7. The molecule has 3 aromatic rings. The number of anilines is 1. The van der Waals surface area contributed by atoms with Gasteiger partial charge in [-0.05, 0) is 43.9 Å². The first-order valence-electron chi connectivity index (χ1n) is 15.3. The number of alkyl halides is 3. The van der Waals surface area contributed by atoms with Gasteiger partial charge in [-0.25, -0.2) is 9.78 Å². The van der Waals surface area contributed by atoms with Crippen LogP contribution in [0.3, 0.4) is 0 Å². The van der Waals surface area contributed by atoms with Crippen LogP contribution in [-0.2, 0) is 18.0 Å². The number of nitrogens with zero attached hydrogens (tertiary/aromatic N) is 7. The van der Waals surface area contributed by atoms with Crippen LogP contribution in [0.2, 0.25) is 5.02 Å². The standard InChI is InChI=1S/C29H33ClF3N9O3.CH2O2/c1-38-23(21-16-42(19-3-4-19)37-24(21)29(31,32)33)15-35-25(38)26(43)36-18-2-5-20(22(30)14-18)27(44)39-10-12-41(13-11-39)28(45)40-8-6-17(34)7-9-40;2-1-3/h2,5,14-17,19H,3-4,6-13,34H2,1H3,(H,36,43);1H,(H,2,3). The van der Waals surface area contributed by atoms with Crippen molar-refractivity contribution in [3.63, 3.8) is 0 Å². The van der Waals surface area contributed by atoms with E-state index in [9.17, 15) is 27.6 Å². The Morgan fingerprint density at radius 1 is 1.02 bits per heavy atom. The fourth-order valence-corrected chi connectivity index (χ4v) is 5.96. The summed E-state index contributed by atoms with van der Waals surface area (Å²) < 4.78 is 43.8. The second-order valence-electron chi connectivity index (χ2n) is 11.8. The number of carbonyl (C=O) groups is 4. The molecule has 1 saturated carbocycles. The van der Waals surface area contributed by atoms with Gasteiger partial charge >= 0.3 is 12.2 Å². The minimum Gasteiger partial charge on any atom is -0.483 e. The number of rotatable bonds is 5. The minimum atomic E-state index is -4.68. The van der Waals surface area contributed by atoms with Crippen LogP contribution in [0.25, 0.3) is 11.3 Å². The number of hydrogen-bond donors (Lipinski definition) is 3. The molecule has 18 heteroatoms. The summed E-state index contributed by atoms with van der Waals surface area (Å²) in [6, 6.07) is 4.47. The minimum absolute atomic E-state index is 0.0407. The van der Waals surface area contributed by atoms with Crippen LogP contribution in [0.15, 0.2) is 30.6 Å². The predicted octanol–water partition coefficient (Wildman–Crippen LogP) is 3.54. The quantitative estimate of drug-likeness (QED) is 0.341. The van der Waals surface area contributed by atoms with Crippen molar-refractivity contribution in [1.82, 2.24) is 34.0 Å². The third kappa shape index (κ3) is 7.57. The third-order valence-electron chi connectivity index (χ3n) is 8.49. The van der Waals surface area contributed by atoms with Gasteiger partial charge in [-0.15, -0.1) is 0 Å². The number of piperazine rings is 1. The van der Waals surface area contributed by atoms with Gasteiger partial charge in [0, 0.05) is 64.2 Å². The van der Waals surface area contributed by atoms with E-state index < -0.39 is 17.8 Å². The Labute approximate surface area is 278 Å². The number of hydrogen-bond acceptors (Lipinski definition) is 7. The van der Waals surface area contributed by atoms with Crippen LogP contribution in [0, 0.1) is 0 Å². The normalized spacial score (nSPS) is 17.1. The second kappa shape index (κ2) is 14.2. The number of amides is 4. The van der Waals surface area contributed by atoms with E-state index in [1.807, 2.05) is 0 Å². The number of aromatic nitrogens is 4. The van der Waals surface area contributed by atoms with Crippen LogP contribution < -0.4 is 11.1 Å². The summed E-state index contributed by atoms with van der Waals surface area (Å²) in [5.41, 5.74) is 5.37. The summed E-state index contributed by atoms with van der Waals surface area (Å²) in [6.07, 6.45) is 0.953. The maximum atomic E-state index is 13.7. The molecular formula is C30H35ClF3N9O5. The highest BCUT2D eigenvalue weighted by atomic mass is 35.5. The molecule has 4 N–H and O–H groups in total. The number of urea groups is 1. The molecule has 14 nitrogen and oxygen atoms in total. The number of carboxylic acid groups (broad SMARTS) is 1. The van der Waals surface area contributed by atoms with Crippen LogP contribution in [-0.4, -0.2) is 109 Å². The number of nitrogens with one attached hydrogen (secondary N) is 1. The van der Waals surface area contributed by atoms with Crippen LogP contribution >= 0.6 is 11.6 Å². The van der Waals surface area contributed by atoms with Gasteiger partial charge in [-0.3, -0.25) is 19.1 Å². The van der Waals surface area contributed by atoms with E-state index in [-0.39, 0.29) is 63.8 Å². The highest BCUT2D eigenvalue weighted by Gasteiger charge is 2.40. The van der Waals surface area contributed by atoms with Crippen LogP contribution in [0.1, 0.15) is 58.4 Å². The topological polar surface area (TPSA) is 172 Å². The molecule has 2 saturated heterocycles. The van der Waals surface area contributed by atoms with Gasteiger partial charge < -0.3 is 35.4 Å². The lowest BCUT2D eigenvalue weighted by Crippen LogP contribution is -2.55. The van der Waals surface area contributed by atoms with E-state index in [0.717, 1.165) is 25.7 Å². The lowest BCUT2D eigenvalue weighted by molar-refractivity contribution is -0.141. The van der Waals surface area contributed by atoms with Gasteiger partial charge in [0.05, 0.1) is 34.1 Å². The number of nitrogens with two attached hydrogens (primary N) is 1. The first-order chi connectivity index (χ1) is 22.8. The molecule has 258 valence electrons. The summed E-state index contributed by atoms with van der Waals surface area (Å²) >= 11 is 6.46. The molecule has 2 aromatic heterocycles. The zero-order chi connectivity index (χ0) is 34.7. The maximum absolute atomic E-state index is 13.7. The Balaban J connectivity index is 0.00000145. The van der Waals surface area contributed by atoms with Crippen molar-refractivity contribution < 1.29 is 37.5 Å². The van der Waals surface area contributed by atoms with Gasteiger partial charge in [0.1, 0.15) is 0 Å². The fourth-order valence-electron chi connectivity index (χ4n) is 5.70. The van der Waals surface area contributed by atoms with Crippen molar-refractivity contribution in [1.29, 1.82) is 0 Å². The lowest BCUT2D eigenvalue weighted by Gasteiger charge is -2.39. The molecule has 0 spiro atoms. The van der Waals surface area contributed by atoms with E-state index in [1.165, 1.54) is 46.9 Å². The highest BCUT2D eigenvalue weighted by Crippen LogP contribution is 2.41. The summed E-state index contributed by atoms with van der Waals surface area (Å²) in [5, 5.41) is 13.4. The smallest absolute Gasteiger partial charge is 0.435 e. The Hall–Kier alpha value is -4.64. The van der Waals surface area contributed by atoms with E-state index in [2.05, 4.69) is 15.4 Å². The average Bonchev–Trinajstić information content (AvgIpc) is 3.68. The third-order valence-corrected chi connectivity index (χ3v) is 8.81. The lowest BCUT2D eigenvalue weighted by atomic mass is 10.1. The molecule has 0 unspecified atom stereocenters. The Kier molecular flexibility index (Phi) is 10.3. The molecule has 1 aliphatic carbocycles. The monoisotopic (exact) mass is 693 g/mol. The number of piperidine rings is 1. The Morgan fingerprint density at radius 3 is 2.21 bits per heavy atom.